The van der Waals surface area contributed by atoms with E-state index in [1.165, 1.54) is 16.3 Å². The topological polar surface area (TPSA) is 87.5 Å². The van der Waals surface area contributed by atoms with Crippen molar-refractivity contribution in [1.29, 1.82) is 0 Å². The van der Waals surface area contributed by atoms with E-state index in [-0.39, 0.29) is 24.7 Å². The van der Waals surface area contributed by atoms with Gasteiger partial charge < -0.3 is 5.32 Å². The van der Waals surface area contributed by atoms with Gasteiger partial charge in [-0.2, -0.15) is 5.10 Å². The lowest BCUT2D eigenvalue weighted by molar-refractivity contribution is -0.132. The first-order valence-electron chi connectivity index (χ1n) is 9.31. The van der Waals surface area contributed by atoms with Crippen LogP contribution in [-0.2, 0) is 9.59 Å². The average Bonchev–Trinajstić information content (AvgIpc) is 3.43. The highest BCUT2D eigenvalue weighted by atomic mass is 32.1. The third kappa shape index (κ3) is 4.72. The second-order valence-electron chi connectivity index (χ2n) is 6.51. The molecule has 2 aromatic carbocycles. The largest absolute Gasteiger partial charge is 0.301 e. The van der Waals surface area contributed by atoms with Gasteiger partial charge in [0.15, 0.2) is 0 Å². The Balaban J connectivity index is 1.28. The lowest BCUT2D eigenvalue weighted by Gasteiger charge is -2.10. The Hall–Kier alpha value is -3.39. The highest BCUT2D eigenvalue weighted by Gasteiger charge is 2.22. The molecule has 0 fully saturated rings. The average molecular weight is 405 g/mol. The molecule has 0 saturated heterocycles. The van der Waals surface area contributed by atoms with Gasteiger partial charge in [-0.25, -0.2) is 5.01 Å². The van der Waals surface area contributed by atoms with Crippen LogP contribution in [0.4, 0.5) is 5.13 Å². The second-order valence-corrected chi connectivity index (χ2v) is 7.48. The number of carbonyl (C=O) groups is 2. The molecular formula is C21H19N5O2S. The summed E-state index contributed by atoms with van der Waals surface area (Å²) in [5.41, 5.74) is 2.86. The summed E-state index contributed by atoms with van der Waals surface area (Å²) < 4.78 is 0. The minimum atomic E-state index is -0.263. The van der Waals surface area contributed by atoms with E-state index < -0.39 is 0 Å². The fourth-order valence-corrected chi connectivity index (χ4v) is 3.74. The monoisotopic (exact) mass is 405 g/mol. The summed E-state index contributed by atoms with van der Waals surface area (Å²) in [5, 5.41) is 17.8. The van der Waals surface area contributed by atoms with E-state index in [1.54, 1.807) is 0 Å². The Bertz CT molecular complexity index is 1030. The number of hydrogen-bond acceptors (Lipinski definition) is 6. The van der Waals surface area contributed by atoms with Gasteiger partial charge in [0, 0.05) is 24.8 Å². The van der Waals surface area contributed by atoms with E-state index in [9.17, 15) is 9.59 Å². The number of amides is 2. The van der Waals surface area contributed by atoms with Crippen molar-refractivity contribution in [3.8, 4) is 10.6 Å². The van der Waals surface area contributed by atoms with Gasteiger partial charge in [-0.05, 0) is 5.56 Å². The molecule has 0 unspecified atom stereocenters. The van der Waals surface area contributed by atoms with Crippen LogP contribution in [0.25, 0.3) is 10.6 Å². The molecule has 0 atom stereocenters. The number of nitrogens with one attached hydrogen (secondary N) is 1. The summed E-state index contributed by atoms with van der Waals surface area (Å²) in [6, 6.07) is 19.4. The van der Waals surface area contributed by atoms with Gasteiger partial charge in [-0.15, -0.1) is 10.2 Å². The van der Waals surface area contributed by atoms with Crippen molar-refractivity contribution in [1.82, 2.24) is 15.2 Å². The molecule has 4 rings (SSSR count). The van der Waals surface area contributed by atoms with Gasteiger partial charge in [-0.1, -0.05) is 72.0 Å². The molecule has 0 radical (unpaired) electrons. The number of anilines is 1. The maximum absolute atomic E-state index is 12.4. The lowest BCUT2D eigenvalue weighted by atomic mass is 10.1. The van der Waals surface area contributed by atoms with Crippen LogP contribution in [-0.4, -0.2) is 39.3 Å². The highest BCUT2D eigenvalue weighted by molar-refractivity contribution is 7.18. The minimum absolute atomic E-state index is 0.0752. The SMILES string of the molecule is O=C(CCC(=O)N1CCC(c2ccccc2)=N1)Nc1nnc(-c2ccccc2)s1. The molecular weight excluding hydrogens is 386 g/mol. The molecule has 2 heterocycles. The number of hydrogen-bond donors (Lipinski definition) is 1. The van der Waals surface area contributed by atoms with Crippen molar-refractivity contribution < 1.29 is 9.59 Å². The number of benzene rings is 2. The summed E-state index contributed by atoms with van der Waals surface area (Å²) in [6.45, 7) is 0.543. The van der Waals surface area contributed by atoms with E-state index in [0.29, 0.717) is 11.7 Å². The third-order valence-electron chi connectivity index (χ3n) is 4.45. The molecule has 3 aromatic rings. The smallest absolute Gasteiger partial charge is 0.243 e. The van der Waals surface area contributed by atoms with Crippen LogP contribution in [0.15, 0.2) is 65.8 Å². The molecule has 7 nitrogen and oxygen atoms in total. The zero-order valence-electron chi connectivity index (χ0n) is 15.6. The van der Waals surface area contributed by atoms with E-state index in [1.807, 2.05) is 60.7 Å². The Kier molecular flexibility index (Phi) is 5.71. The summed E-state index contributed by atoms with van der Waals surface area (Å²) in [6.07, 6.45) is 0.891. The van der Waals surface area contributed by atoms with Gasteiger partial charge >= 0.3 is 0 Å². The molecule has 0 aliphatic carbocycles. The van der Waals surface area contributed by atoms with Crippen molar-refractivity contribution in [2.24, 2.45) is 5.10 Å². The van der Waals surface area contributed by atoms with E-state index in [0.717, 1.165) is 28.3 Å². The Morgan fingerprint density at radius 3 is 2.34 bits per heavy atom. The maximum Gasteiger partial charge on any atom is 0.243 e. The number of aromatic nitrogens is 2. The summed E-state index contributed by atoms with van der Waals surface area (Å²) in [4.78, 5) is 24.6. The Morgan fingerprint density at radius 1 is 0.931 bits per heavy atom. The van der Waals surface area contributed by atoms with E-state index in [2.05, 4.69) is 20.6 Å². The predicted octanol–water partition coefficient (Wildman–Crippen LogP) is 3.56. The zero-order valence-corrected chi connectivity index (χ0v) is 16.4. The van der Waals surface area contributed by atoms with Gasteiger partial charge in [-0.3, -0.25) is 9.59 Å². The number of hydrazone groups is 1. The molecule has 29 heavy (non-hydrogen) atoms. The number of nitrogens with zero attached hydrogens (tertiary/aromatic N) is 4. The van der Waals surface area contributed by atoms with Crippen molar-refractivity contribution in [3.05, 3.63) is 66.2 Å². The van der Waals surface area contributed by atoms with Crippen LogP contribution < -0.4 is 5.32 Å². The Labute approximate surface area is 172 Å². The van der Waals surface area contributed by atoms with Crippen LogP contribution in [0.1, 0.15) is 24.8 Å². The molecule has 1 aliphatic heterocycles. The molecule has 0 spiro atoms. The van der Waals surface area contributed by atoms with Crippen LogP contribution in [0.2, 0.25) is 0 Å². The van der Waals surface area contributed by atoms with E-state index >= 15 is 0 Å². The summed E-state index contributed by atoms with van der Waals surface area (Å²) >= 11 is 1.30. The summed E-state index contributed by atoms with van der Waals surface area (Å²) in [7, 11) is 0. The summed E-state index contributed by atoms with van der Waals surface area (Å²) in [5.74, 6) is -0.422. The fourth-order valence-electron chi connectivity index (χ4n) is 2.97. The maximum atomic E-state index is 12.4. The predicted molar refractivity (Wildman–Crippen MR) is 113 cm³/mol. The molecule has 1 aromatic heterocycles. The first-order valence-corrected chi connectivity index (χ1v) is 10.1. The molecule has 0 bridgehead atoms. The van der Waals surface area contributed by atoms with Crippen molar-refractivity contribution in [2.45, 2.75) is 19.3 Å². The van der Waals surface area contributed by atoms with Crippen molar-refractivity contribution in [3.63, 3.8) is 0 Å². The first kappa shape index (κ1) is 18.9. The number of rotatable bonds is 6. The molecule has 2 amide bonds. The first-order chi connectivity index (χ1) is 14.2. The molecule has 146 valence electrons. The fraction of sp³-hybridized carbons (Fsp3) is 0.190. The normalized spacial score (nSPS) is 13.2. The Morgan fingerprint density at radius 2 is 1.62 bits per heavy atom. The van der Waals surface area contributed by atoms with Crippen molar-refractivity contribution >= 4 is 34.0 Å². The van der Waals surface area contributed by atoms with Crippen LogP contribution in [0.5, 0.6) is 0 Å². The van der Waals surface area contributed by atoms with Gasteiger partial charge in [0.25, 0.3) is 0 Å². The molecule has 8 heteroatoms. The van der Waals surface area contributed by atoms with Crippen molar-refractivity contribution in [2.75, 3.05) is 11.9 Å². The number of carbonyl (C=O) groups excluding carboxylic acids is 2. The minimum Gasteiger partial charge on any atom is -0.301 e. The molecule has 0 saturated carbocycles. The van der Waals surface area contributed by atoms with Crippen LogP contribution >= 0.6 is 11.3 Å². The molecule has 1 aliphatic rings. The second kappa shape index (κ2) is 8.74. The third-order valence-corrected chi connectivity index (χ3v) is 5.34. The van der Waals surface area contributed by atoms with Gasteiger partial charge in [0.1, 0.15) is 5.01 Å². The highest BCUT2D eigenvalue weighted by Crippen LogP contribution is 2.26. The standard InChI is InChI=1S/C21H19N5O2S/c27-18(22-21-24-23-20(29-21)16-9-5-2-6-10-16)11-12-19(28)26-14-13-17(25-26)15-7-3-1-4-8-15/h1-10H,11-14H2,(H,22,24,27). The van der Waals surface area contributed by atoms with Gasteiger partial charge in [0.2, 0.25) is 16.9 Å². The van der Waals surface area contributed by atoms with E-state index in [4.69, 9.17) is 0 Å². The van der Waals surface area contributed by atoms with Gasteiger partial charge in [0.05, 0.1) is 12.3 Å². The zero-order chi connectivity index (χ0) is 20.1. The van der Waals surface area contributed by atoms with Crippen LogP contribution in [0.3, 0.4) is 0 Å². The lowest BCUT2D eigenvalue weighted by Crippen LogP contribution is -2.24. The molecule has 1 N–H and O–H groups in total. The quantitative estimate of drug-likeness (QED) is 0.679. The van der Waals surface area contributed by atoms with Crippen LogP contribution in [0, 0.1) is 0 Å².